The molecule has 118 valence electrons. The number of carbonyl (C=O) groups is 1. The lowest BCUT2D eigenvalue weighted by atomic mass is 10.1. The topological polar surface area (TPSA) is 37.3 Å². The number of allylic oxidation sites excluding steroid dienone is 6. The number of thioether (sulfide) groups is 1. The fourth-order valence-electron chi connectivity index (χ4n) is 1.95. The summed E-state index contributed by atoms with van der Waals surface area (Å²) < 4.78 is 1.37. The van der Waals surface area contributed by atoms with Gasteiger partial charge in [-0.15, -0.1) is 23.1 Å². The molecule has 0 radical (unpaired) electrons. The molecular weight excluding hydrogens is 312 g/mol. The van der Waals surface area contributed by atoms with Gasteiger partial charge in [0.25, 0.3) is 0 Å². The molecule has 0 aliphatic rings. The van der Waals surface area contributed by atoms with E-state index < -0.39 is 5.97 Å². The first-order valence-corrected chi connectivity index (χ1v) is 8.97. The van der Waals surface area contributed by atoms with Gasteiger partial charge in [-0.1, -0.05) is 36.0 Å². The highest BCUT2D eigenvalue weighted by Gasteiger charge is 2.08. The van der Waals surface area contributed by atoms with Crippen LogP contribution in [0, 0.1) is 13.8 Å². The Morgan fingerprint density at radius 1 is 1.18 bits per heavy atom. The molecule has 1 rings (SSSR count). The molecule has 0 saturated carbocycles. The zero-order chi connectivity index (χ0) is 16.7. The molecule has 0 aliphatic heterocycles. The summed E-state index contributed by atoms with van der Waals surface area (Å²) in [6.45, 7) is 8.11. The van der Waals surface area contributed by atoms with Crippen molar-refractivity contribution in [1.29, 1.82) is 0 Å². The SMILES string of the molecule is CSc1sc(C)c(C=CC(C)=CC=CC(C)=CC(=O)O)c1C. The number of carboxylic acids is 1. The van der Waals surface area contributed by atoms with E-state index in [-0.39, 0.29) is 0 Å². The van der Waals surface area contributed by atoms with E-state index in [1.165, 1.54) is 26.3 Å². The van der Waals surface area contributed by atoms with Gasteiger partial charge in [0, 0.05) is 11.0 Å². The van der Waals surface area contributed by atoms with Crippen LogP contribution in [-0.2, 0) is 4.79 Å². The Kier molecular flexibility index (Phi) is 7.42. The van der Waals surface area contributed by atoms with Crippen molar-refractivity contribution >= 4 is 35.1 Å². The molecule has 0 bridgehead atoms. The predicted octanol–water partition coefficient (Wildman–Crippen LogP) is 5.63. The average Bonchev–Trinajstić information content (AvgIpc) is 2.70. The molecule has 0 fully saturated rings. The molecule has 4 heteroatoms. The van der Waals surface area contributed by atoms with Crippen LogP contribution in [0.3, 0.4) is 0 Å². The Balaban J connectivity index is 2.82. The number of rotatable bonds is 6. The third-order valence-electron chi connectivity index (χ3n) is 3.10. The Morgan fingerprint density at radius 2 is 1.86 bits per heavy atom. The van der Waals surface area contributed by atoms with Crippen molar-refractivity contribution in [3.8, 4) is 0 Å². The van der Waals surface area contributed by atoms with Gasteiger partial charge in [-0.3, -0.25) is 0 Å². The molecular formula is C18H22O2S2. The van der Waals surface area contributed by atoms with Crippen LogP contribution in [0.1, 0.15) is 29.9 Å². The van der Waals surface area contributed by atoms with Crippen LogP contribution in [0.4, 0.5) is 0 Å². The first-order valence-electron chi connectivity index (χ1n) is 6.93. The number of hydrogen-bond donors (Lipinski definition) is 1. The minimum absolute atomic E-state index is 0.717. The van der Waals surface area contributed by atoms with Crippen LogP contribution in [-0.4, -0.2) is 17.3 Å². The van der Waals surface area contributed by atoms with Crippen LogP contribution in [0.5, 0.6) is 0 Å². The van der Waals surface area contributed by atoms with E-state index >= 15 is 0 Å². The number of thiophene rings is 1. The summed E-state index contributed by atoms with van der Waals surface area (Å²) in [6.07, 6.45) is 13.2. The fraction of sp³-hybridized carbons (Fsp3) is 0.278. The number of aryl methyl sites for hydroxylation is 1. The highest BCUT2D eigenvalue weighted by Crippen LogP contribution is 2.34. The zero-order valence-electron chi connectivity index (χ0n) is 13.6. The lowest BCUT2D eigenvalue weighted by Crippen LogP contribution is -1.87. The number of aliphatic carboxylic acids is 1. The highest BCUT2D eigenvalue weighted by atomic mass is 32.2. The molecule has 22 heavy (non-hydrogen) atoms. The second-order valence-corrected chi connectivity index (χ2v) is 7.32. The predicted molar refractivity (Wildman–Crippen MR) is 98.9 cm³/mol. The summed E-state index contributed by atoms with van der Waals surface area (Å²) in [4.78, 5) is 11.9. The Morgan fingerprint density at radius 3 is 2.41 bits per heavy atom. The van der Waals surface area contributed by atoms with E-state index in [1.54, 1.807) is 24.8 Å². The van der Waals surface area contributed by atoms with Crippen LogP contribution in [0.15, 0.2) is 45.7 Å². The van der Waals surface area contributed by atoms with Gasteiger partial charge in [-0.05, 0) is 50.7 Å². The van der Waals surface area contributed by atoms with Gasteiger partial charge >= 0.3 is 5.97 Å². The Bertz CT molecular complexity index is 659. The van der Waals surface area contributed by atoms with E-state index in [9.17, 15) is 4.79 Å². The molecule has 0 amide bonds. The van der Waals surface area contributed by atoms with Gasteiger partial charge in [0.1, 0.15) is 0 Å². The second-order valence-electron chi connectivity index (χ2n) is 5.02. The Hall–Kier alpha value is -1.52. The molecule has 1 aromatic heterocycles. The van der Waals surface area contributed by atoms with Crippen molar-refractivity contribution in [1.82, 2.24) is 0 Å². The summed E-state index contributed by atoms with van der Waals surface area (Å²) in [7, 11) is 0. The maximum Gasteiger partial charge on any atom is 0.328 e. The minimum atomic E-state index is -0.921. The molecule has 0 unspecified atom stereocenters. The minimum Gasteiger partial charge on any atom is -0.478 e. The van der Waals surface area contributed by atoms with Crippen molar-refractivity contribution in [3.63, 3.8) is 0 Å². The smallest absolute Gasteiger partial charge is 0.328 e. The molecule has 0 spiro atoms. The third kappa shape index (κ3) is 5.70. The normalized spacial score (nSPS) is 13.5. The number of carboxylic acid groups (broad SMARTS) is 1. The summed E-state index contributed by atoms with van der Waals surface area (Å²) in [6, 6.07) is 0. The van der Waals surface area contributed by atoms with E-state index in [1.807, 2.05) is 30.4 Å². The van der Waals surface area contributed by atoms with Gasteiger partial charge in [0.2, 0.25) is 0 Å². The van der Waals surface area contributed by atoms with Gasteiger partial charge < -0.3 is 5.11 Å². The molecule has 1 N–H and O–H groups in total. The second kappa shape index (κ2) is 8.81. The molecule has 0 aliphatic carbocycles. The zero-order valence-corrected chi connectivity index (χ0v) is 15.3. The monoisotopic (exact) mass is 334 g/mol. The maximum atomic E-state index is 10.5. The van der Waals surface area contributed by atoms with Gasteiger partial charge in [0.05, 0.1) is 4.21 Å². The van der Waals surface area contributed by atoms with Gasteiger partial charge in [0.15, 0.2) is 0 Å². The summed E-state index contributed by atoms with van der Waals surface area (Å²) in [5.41, 5.74) is 4.48. The molecule has 1 aromatic rings. The maximum absolute atomic E-state index is 10.5. The third-order valence-corrected chi connectivity index (χ3v) is 5.55. The van der Waals surface area contributed by atoms with Gasteiger partial charge in [-0.2, -0.15) is 0 Å². The lowest BCUT2D eigenvalue weighted by Gasteiger charge is -1.96. The summed E-state index contributed by atoms with van der Waals surface area (Å²) >= 11 is 3.63. The van der Waals surface area contributed by atoms with Crippen LogP contribution in [0.25, 0.3) is 6.08 Å². The largest absolute Gasteiger partial charge is 0.478 e. The van der Waals surface area contributed by atoms with Crippen LogP contribution < -0.4 is 0 Å². The highest BCUT2D eigenvalue weighted by molar-refractivity contribution is 8.00. The summed E-state index contributed by atoms with van der Waals surface area (Å²) in [5.74, 6) is -0.921. The van der Waals surface area contributed by atoms with Crippen LogP contribution >= 0.6 is 23.1 Å². The van der Waals surface area contributed by atoms with E-state index in [0.29, 0.717) is 0 Å². The fourth-order valence-corrected chi connectivity index (χ4v) is 3.94. The average molecular weight is 335 g/mol. The first-order chi connectivity index (χ1) is 10.3. The van der Waals surface area contributed by atoms with Gasteiger partial charge in [-0.25, -0.2) is 4.79 Å². The van der Waals surface area contributed by atoms with E-state index in [4.69, 9.17) is 5.11 Å². The molecule has 0 saturated heterocycles. The van der Waals surface area contributed by atoms with E-state index in [0.717, 1.165) is 11.1 Å². The van der Waals surface area contributed by atoms with Crippen molar-refractivity contribution in [2.75, 3.05) is 6.26 Å². The molecule has 0 aromatic carbocycles. The summed E-state index contributed by atoms with van der Waals surface area (Å²) in [5, 5.41) is 8.64. The lowest BCUT2D eigenvalue weighted by molar-refractivity contribution is -0.131. The quantitative estimate of drug-likeness (QED) is 0.416. The molecule has 2 nitrogen and oxygen atoms in total. The molecule has 1 heterocycles. The molecule has 0 atom stereocenters. The number of hydrogen-bond acceptors (Lipinski definition) is 3. The standard InChI is InChI=1S/C18H22O2S2/c1-12(7-6-8-13(2)11-17(19)20)9-10-16-14(3)18(21-5)22-15(16)4/h6-11H,1-5H3,(H,19,20). The van der Waals surface area contributed by atoms with Crippen molar-refractivity contribution < 1.29 is 9.90 Å². The van der Waals surface area contributed by atoms with Crippen molar-refractivity contribution in [2.24, 2.45) is 0 Å². The van der Waals surface area contributed by atoms with E-state index in [2.05, 4.69) is 32.3 Å². The van der Waals surface area contributed by atoms with Crippen LogP contribution in [0.2, 0.25) is 0 Å². The van der Waals surface area contributed by atoms with Crippen molar-refractivity contribution in [2.45, 2.75) is 31.9 Å². The Labute approximate surface area is 141 Å². The van der Waals surface area contributed by atoms with Crippen molar-refractivity contribution in [3.05, 3.63) is 57.5 Å². The first kappa shape index (κ1) is 18.5.